The number of carbonyl (C=O) groups excluding carboxylic acids is 2. The third-order valence-electron chi connectivity index (χ3n) is 9.60. The third kappa shape index (κ3) is 43.4. The average molecular weight is 824 g/mol. The van der Waals surface area contributed by atoms with Crippen LogP contribution in [0.1, 0.15) is 187 Å². The molecule has 0 radical (unpaired) electrons. The largest absolute Gasteiger partial charge is 0.756 e. The van der Waals surface area contributed by atoms with Crippen LogP contribution >= 0.6 is 7.82 Å². The molecule has 332 valence electrons. The molecule has 0 spiro atoms. The van der Waals surface area contributed by atoms with E-state index in [0.29, 0.717) is 23.9 Å². The third-order valence-corrected chi connectivity index (χ3v) is 10.6. The number of quaternary nitrogens is 1. The van der Waals surface area contributed by atoms with E-state index in [2.05, 4.69) is 62.5 Å². The van der Waals surface area contributed by atoms with E-state index >= 15 is 0 Å². The molecule has 2 atom stereocenters. The van der Waals surface area contributed by atoms with Gasteiger partial charge < -0.3 is 27.9 Å². The van der Waals surface area contributed by atoms with Gasteiger partial charge >= 0.3 is 11.9 Å². The van der Waals surface area contributed by atoms with Crippen LogP contribution in [-0.4, -0.2) is 70.0 Å². The smallest absolute Gasteiger partial charge is 0.306 e. The van der Waals surface area contributed by atoms with Gasteiger partial charge in [0, 0.05) is 12.8 Å². The van der Waals surface area contributed by atoms with Crippen LogP contribution in [0.15, 0.2) is 48.6 Å². The van der Waals surface area contributed by atoms with E-state index in [0.717, 1.165) is 44.9 Å². The van der Waals surface area contributed by atoms with E-state index in [4.69, 9.17) is 18.5 Å². The summed E-state index contributed by atoms with van der Waals surface area (Å²) in [6.07, 6.45) is 45.8. The Morgan fingerprint density at radius 2 is 0.965 bits per heavy atom. The van der Waals surface area contributed by atoms with E-state index in [-0.39, 0.29) is 26.1 Å². The van der Waals surface area contributed by atoms with E-state index in [1.807, 2.05) is 21.1 Å². The lowest BCUT2D eigenvalue weighted by Crippen LogP contribution is -2.37. The minimum atomic E-state index is -4.63. The van der Waals surface area contributed by atoms with Gasteiger partial charge in [-0.15, -0.1) is 0 Å². The first-order chi connectivity index (χ1) is 27.5. The Balaban J connectivity index is 4.40. The second-order valence-corrected chi connectivity index (χ2v) is 17.8. The molecular weight excluding hydrogens is 737 g/mol. The van der Waals surface area contributed by atoms with Crippen LogP contribution in [0, 0.1) is 0 Å². The maximum Gasteiger partial charge on any atom is 0.306 e. The highest BCUT2D eigenvalue weighted by Gasteiger charge is 2.21. The van der Waals surface area contributed by atoms with Crippen LogP contribution in [0.3, 0.4) is 0 Å². The van der Waals surface area contributed by atoms with Crippen molar-refractivity contribution >= 4 is 19.8 Å². The molecule has 1 unspecified atom stereocenters. The molecule has 0 saturated carbocycles. The standard InChI is InChI=1S/C47H86NO8P/c1-6-8-10-12-14-16-18-20-21-22-23-24-25-26-27-28-30-31-33-35-37-39-46(49)53-43-45(44-55-57(51,52)54-42-41-48(3,4)5)56-47(50)40-38-36-34-32-29-19-17-15-13-11-9-7-2/h21-22,24-25,27-28,31,33,45H,6-20,23,26,29-30,32,34-44H2,1-5H3/b22-21+,25-24+,28-27+,33-31+/t45-/m0/s1. The van der Waals surface area contributed by atoms with Gasteiger partial charge in [0.25, 0.3) is 7.82 Å². The van der Waals surface area contributed by atoms with Crippen LogP contribution in [0.2, 0.25) is 0 Å². The lowest BCUT2D eigenvalue weighted by molar-refractivity contribution is -0.870. The zero-order valence-electron chi connectivity index (χ0n) is 37.3. The van der Waals surface area contributed by atoms with E-state index in [1.165, 1.54) is 103 Å². The summed E-state index contributed by atoms with van der Waals surface area (Å²) in [5, 5.41) is 0. The summed E-state index contributed by atoms with van der Waals surface area (Å²) in [4.78, 5) is 37.5. The van der Waals surface area contributed by atoms with Gasteiger partial charge in [-0.2, -0.15) is 0 Å². The first kappa shape index (κ1) is 55.0. The fraction of sp³-hybridized carbons (Fsp3) is 0.787. The fourth-order valence-electron chi connectivity index (χ4n) is 6.00. The van der Waals surface area contributed by atoms with Crippen LogP contribution < -0.4 is 4.89 Å². The second-order valence-electron chi connectivity index (χ2n) is 16.4. The molecule has 0 aliphatic rings. The SMILES string of the molecule is CCCCCCCCC/C=C/C/C=C/C/C=C/C/C=C/CCCC(=O)OC[C@@H](COP(=O)([O-])OCC[N+](C)(C)C)OC(=O)CCCCCCCCCCCCCC. The fourth-order valence-corrected chi connectivity index (χ4v) is 6.73. The Bertz CT molecular complexity index is 1110. The van der Waals surface area contributed by atoms with Crippen molar-refractivity contribution in [3.8, 4) is 0 Å². The molecule has 0 aromatic rings. The van der Waals surface area contributed by atoms with Crippen LogP contribution in [-0.2, 0) is 32.7 Å². The minimum absolute atomic E-state index is 0.0394. The predicted octanol–water partition coefficient (Wildman–Crippen LogP) is 12.4. The van der Waals surface area contributed by atoms with Gasteiger partial charge in [0.2, 0.25) is 0 Å². The summed E-state index contributed by atoms with van der Waals surface area (Å²) in [6, 6.07) is 0. The first-order valence-electron chi connectivity index (χ1n) is 22.8. The van der Waals surface area contributed by atoms with Gasteiger partial charge in [-0.3, -0.25) is 14.2 Å². The lowest BCUT2D eigenvalue weighted by atomic mass is 10.0. The van der Waals surface area contributed by atoms with Gasteiger partial charge in [-0.1, -0.05) is 172 Å². The Kier molecular flexibility index (Phi) is 38.0. The normalized spacial score (nSPS) is 14.0. The number of allylic oxidation sites excluding steroid dienone is 8. The van der Waals surface area contributed by atoms with Crippen LogP contribution in [0.25, 0.3) is 0 Å². The first-order valence-corrected chi connectivity index (χ1v) is 24.3. The molecule has 0 aromatic heterocycles. The molecule has 0 N–H and O–H groups in total. The molecule has 0 heterocycles. The Morgan fingerprint density at radius 3 is 1.46 bits per heavy atom. The number of phosphoric ester groups is 1. The number of unbranched alkanes of at least 4 members (excludes halogenated alkanes) is 19. The molecule has 0 rings (SSSR count). The number of hydrogen-bond donors (Lipinski definition) is 0. The number of rotatable bonds is 41. The van der Waals surface area contributed by atoms with E-state index in [1.54, 1.807) is 0 Å². The van der Waals surface area contributed by atoms with Crippen LogP contribution in [0.4, 0.5) is 0 Å². The van der Waals surface area contributed by atoms with Crippen molar-refractivity contribution in [2.24, 2.45) is 0 Å². The summed E-state index contributed by atoms with van der Waals surface area (Å²) in [6.45, 7) is 4.16. The van der Waals surface area contributed by atoms with Crippen molar-refractivity contribution < 1.29 is 42.1 Å². The van der Waals surface area contributed by atoms with Gasteiger partial charge in [-0.25, -0.2) is 0 Å². The zero-order chi connectivity index (χ0) is 42.1. The molecule has 0 saturated heterocycles. The summed E-state index contributed by atoms with van der Waals surface area (Å²) < 4.78 is 33.8. The van der Waals surface area contributed by atoms with Crippen molar-refractivity contribution in [2.75, 3.05) is 47.5 Å². The molecule has 0 bridgehead atoms. The molecule has 0 aliphatic heterocycles. The Morgan fingerprint density at radius 1 is 0.544 bits per heavy atom. The van der Waals surface area contributed by atoms with E-state index < -0.39 is 32.5 Å². The maximum atomic E-state index is 12.6. The molecule has 0 fully saturated rings. The van der Waals surface area contributed by atoms with Gasteiger partial charge in [0.15, 0.2) is 6.10 Å². The molecule has 0 amide bonds. The predicted molar refractivity (Wildman–Crippen MR) is 236 cm³/mol. The van der Waals surface area contributed by atoms with Crippen molar-refractivity contribution in [1.29, 1.82) is 0 Å². The van der Waals surface area contributed by atoms with Gasteiger partial charge in [0.1, 0.15) is 19.8 Å². The topological polar surface area (TPSA) is 111 Å². The molecule has 0 aliphatic carbocycles. The van der Waals surface area contributed by atoms with Gasteiger partial charge in [-0.05, 0) is 51.4 Å². The summed E-state index contributed by atoms with van der Waals surface area (Å²) in [7, 11) is 1.14. The van der Waals surface area contributed by atoms with Crippen LogP contribution in [0.5, 0.6) is 0 Å². The lowest BCUT2D eigenvalue weighted by Gasteiger charge is -2.28. The molecule has 9 nitrogen and oxygen atoms in total. The maximum absolute atomic E-state index is 12.6. The summed E-state index contributed by atoms with van der Waals surface area (Å²) in [5.74, 6) is -0.899. The number of hydrogen-bond acceptors (Lipinski definition) is 8. The highest BCUT2D eigenvalue weighted by molar-refractivity contribution is 7.45. The number of nitrogens with zero attached hydrogens (tertiary/aromatic N) is 1. The Labute approximate surface area is 350 Å². The number of likely N-dealkylation sites (N-methyl/N-ethyl adjacent to an activating group) is 1. The molecule has 0 aromatic carbocycles. The van der Waals surface area contributed by atoms with Crippen molar-refractivity contribution in [3.05, 3.63) is 48.6 Å². The summed E-state index contributed by atoms with van der Waals surface area (Å²) >= 11 is 0. The molecule has 57 heavy (non-hydrogen) atoms. The minimum Gasteiger partial charge on any atom is -0.756 e. The van der Waals surface area contributed by atoms with Crippen molar-refractivity contribution in [1.82, 2.24) is 0 Å². The average Bonchev–Trinajstić information content (AvgIpc) is 3.16. The van der Waals surface area contributed by atoms with Crippen molar-refractivity contribution in [2.45, 2.75) is 193 Å². The highest BCUT2D eigenvalue weighted by Crippen LogP contribution is 2.38. The Hall–Kier alpha value is -2.03. The number of esters is 2. The zero-order valence-corrected chi connectivity index (χ0v) is 38.2. The van der Waals surface area contributed by atoms with E-state index in [9.17, 15) is 19.0 Å². The molecular formula is C47H86NO8P. The second kappa shape index (κ2) is 39.4. The monoisotopic (exact) mass is 824 g/mol. The van der Waals surface area contributed by atoms with Crippen molar-refractivity contribution in [3.63, 3.8) is 0 Å². The molecule has 10 heteroatoms. The quantitative estimate of drug-likeness (QED) is 0.0197. The number of carbonyl (C=O) groups is 2. The summed E-state index contributed by atoms with van der Waals surface area (Å²) in [5.41, 5.74) is 0. The number of phosphoric acid groups is 1. The van der Waals surface area contributed by atoms with Gasteiger partial charge in [0.05, 0.1) is 27.7 Å². The highest BCUT2D eigenvalue weighted by atomic mass is 31.2. The number of ether oxygens (including phenoxy) is 2.